The zero-order chi connectivity index (χ0) is 28.8. The summed E-state index contributed by atoms with van der Waals surface area (Å²) in [5, 5.41) is 19.8. The number of hydrogen-bond acceptors (Lipinski definition) is 9. The number of hydrogen-bond donors (Lipinski definition) is 2. The van der Waals surface area contributed by atoms with Crippen molar-refractivity contribution < 1.29 is 19.1 Å². The molecule has 2 aromatic carbocycles. The molecule has 0 saturated carbocycles. The quantitative estimate of drug-likeness (QED) is 0.297. The maximum atomic E-state index is 12.8. The number of nitrogens with one attached hydrogen (secondary N) is 1. The van der Waals surface area contributed by atoms with Gasteiger partial charge in [-0.1, -0.05) is 53.7 Å². The maximum Gasteiger partial charge on any atom is 0.410 e. The summed E-state index contributed by atoms with van der Waals surface area (Å²) in [7, 11) is 0. The number of ether oxygens (including phenoxy) is 2. The molecule has 2 amide bonds. The highest BCUT2D eigenvalue weighted by atomic mass is 16.6. The molecule has 0 fully saturated rings. The molecule has 3 heterocycles. The summed E-state index contributed by atoms with van der Waals surface area (Å²) in [5.41, 5.74) is 7.34. The van der Waals surface area contributed by atoms with E-state index in [1.807, 2.05) is 65.2 Å². The van der Waals surface area contributed by atoms with Gasteiger partial charge in [-0.05, 0) is 31.5 Å². The van der Waals surface area contributed by atoms with E-state index in [9.17, 15) is 9.59 Å². The second-order valence-corrected chi connectivity index (χ2v) is 10.3. The van der Waals surface area contributed by atoms with E-state index in [1.54, 1.807) is 29.6 Å². The van der Waals surface area contributed by atoms with E-state index in [0.29, 0.717) is 37.0 Å². The first kappa shape index (κ1) is 27.9. The number of nitrogens with zero attached hydrogens (tertiary/aromatic N) is 7. The molecule has 0 bridgehead atoms. The first-order valence-corrected chi connectivity index (χ1v) is 13.3. The summed E-state index contributed by atoms with van der Waals surface area (Å²) in [6.45, 7) is 4.81. The van der Waals surface area contributed by atoms with E-state index in [1.165, 1.54) is 0 Å². The highest BCUT2D eigenvalue weighted by Crippen LogP contribution is 2.20. The zero-order valence-electron chi connectivity index (χ0n) is 23.0. The van der Waals surface area contributed by atoms with Crippen LogP contribution in [0.2, 0.25) is 0 Å². The first-order chi connectivity index (χ1) is 19.8. The molecular weight excluding hydrogens is 526 g/mol. The summed E-state index contributed by atoms with van der Waals surface area (Å²) in [6.07, 6.45) is 1.23. The van der Waals surface area contributed by atoms with Gasteiger partial charge in [0.15, 0.2) is 11.6 Å². The number of rotatable bonds is 10. The van der Waals surface area contributed by atoms with Crippen molar-refractivity contribution in [1.29, 1.82) is 0 Å². The molecular formula is C28H33N9O4. The SMILES string of the molecule is CC(C)(N)C(=O)N[C@H](COCc1ccccc1)c1nnc2n1CCN(C(=O)OCc1cn(-c3ccccc3)nn1)C2. The van der Waals surface area contributed by atoms with Gasteiger partial charge < -0.3 is 25.1 Å². The molecule has 2 aromatic heterocycles. The van der Waals surface area contributed by atoms with E-state index < -0.39 is 17.7 Å². The molecule has 0 spiro atoms. The number of carbonyl (C=O) groups excluding carboxylic acids is 2. The second-order valence-electron chi connectivity index (χ2n) is 10.3. The number of fused-ring (bicyclic) bond motifs is 1. The van der Waals surface area contributed by atoms with Crippen molar-refractivity contribution >= 4 is 12.0 Å². The van der Waals surface area contributed by atoms with Crippen LogP contribution in [0.1, 0.15) is 42.8 Å². The van der Waals surface area contributed by atoms with Crippen LogP contribution in [0.3, 0.4) is 0 Å². The third-order valence-corrected chi connectivity index (χ3v) is 6.54. The van der Waals surface area contributed by atoms with Crippen LogP contribution in [-0.4, -0.2) is 65.3 Å². The molecule has 13 heteroatoms. The van der Waals surface area contributed by atoms with Crippen LogP contribution in [0, 0.1) is 0 Å². The van der Waals surface area contributed by atoms with Crippen molar-refractivity contribution in [2.24, 2.45) is 5.73 Å². The topological polar surface area (TPSA) is 155 Å². The molecule has 214 valence electrons. The van der Waals surface area contributed by atoms with E-state index in [-0.39, 0.29) is 25.7 Å². The number of amides is 2. The van der Waals surface area contributed by atoms with Crippen molar-refractivity contribution in [2.45, 2.75) is 51.7 Å². The van der Waals surface area contributed by atoms with Gasteiger partial charge in [-0.3, -0.25) is 9.69 Å². The predicted octanol–water partition coefficient (Wildman–Crippen LogP) is 2.12. The summed E-state index contributed by atoms with van der Waals surface area (Å²) in [4.78, 5) is 27.1. The number of carbonyl (C=O) groups is 2. The number of nitrogens with two attached hydrogens (primary N) is 1. The minimum absolute atomic E-state index is 0.0121. The zero-order valence-corrected chi connectivity index (χ0v) is 23.0. The van der Waals surface area contributed by atoms with Gasteiger partial charge in [0.05, 0.1) is 37.2 Å². The van der Waals surface area contributed by atoms with E-state index in [4.69, 9.17) is 15.2 Å². The molecule has 1 aliphatic rings. The van der Waals surface area contributed by atoms with Crippen molar-refractivity contribution in [2.75, 3.05) is 13.2 Å². The minimum atomic E-state index is -1.09. The van der Waals surface area contributed by atoms with Gasteiger partial charge in [0, 0.05) is 13.1 Å². The van der Waals surface area contributed by atoms with Crippen LogP contribution in [0.4, 0.5) is 4.79 Å². The maximum absolute atomic E-state index is 12.8. The molecule has 13 nitrogen and oxygen atoms in total. The lowest BCUT2D eigenvalue weighted by Crippen LogP contribution is -2.51. The average Bonchev–Trinajstić information content (AvgIpc) is 3.63. The van der Waals surface area contributed by atoms with E-state index in [0.717, 1.165) is 11.3 Å². The van der Waals surface area contributed by atoms with Crippen molar-refractivity contribution in [1.82, 2.24) is 40.0 Å². The van der Waals surface area contributed by atoms with Gasteiger partial charge >= 0.3 is 6.09 Å². The highest BCUT2D eigenvalue weighted by Gasteiger charge is 2.32. The molecule has 0 unspecified atom stereocenters. The Hall–Kier alpha value is -4.62. The molecule has 3 N–H and O–H groups in total. The summed E-state index contributed by atoms with van der Waals surface area (Å²) in [6, 6.07) is 18.7. The highest BCUT2D eigenvalue weighted by molar-refractivity contribution is 5.85. The van der Waals surface area contributed by atoms with Gasteiger partial charge in [0.25, 0.3) is 0 Å². The Morgan fingerprint density at radius 1 is 1.00 bits per heavy atom. The molecule has 0 aliphatic carbocycles. The van der Waals surface area contributed by atoms with Crippen LogP contribution in [0.15, 0.2) is 66.9 Å². The fourth-order valence-electron chi connectivity index (χ4n) is 4.29. The molecule has 1 atom stereocenters. The third kappa shape index (κ3) is 6.94. The van der Waals surface area contributed by atoms with Gasteiger partial charge in [0.1, 0.15) is 18.3 Å². The van der Waals surface area contributed by atoms with E-state index >= 15 is 0 Å². The van der Waals surface area contributed by atoms with Crippen LogP contribution in [-0.2, 0) is 40.6 Å². The van der Waals surface area contributed by atoms with Crippen LogP contribution >= 0.6 is 0 Å². The normalized spacial score (nSPS) is 13.9. The van der Waals surface area contributed by atoms with Gasteiger partial charge in [-0.25, -0.2) is 9.48 Å². The fraction of sp³-hybridized carbons (Fsp3) is 0.357. The largest absolute Gasteiger partial charge is 0.443 e. The fourth-order valence-corrected chi connectivity index (χ4v) is 4.29. The molecule has 1 aliphatic heterocycles. The van der Waals surface area contributed by atoms with Crippen molar-refractivity contribution in [3.8, 4) is 5.69 Å². The van der Waals surface area contributed by atoms with Gasteiger partial charge in [-0.15, -0.1) is 15.3 Å². The second kappa shape index (κ2) is 12.3. The monoisotopic (exact) mass is 559 g/mol. The first-order valence-electron chi connectivity index (χ1n) is 13.3. The van der Waals surface area contributed by atoms with Crippen molar-refractivity contribution in [3.05, 3.63) is 89.8 Å². The smallest absolute Gasteiger partial charge is 0.410 e. The lowest BCUT2D eigenvalue weighted by atomic mass is 10.1. The number of aromatic nitrogens is 6. The Bertz CT molecular complexity index is 1460. The standard InChI is InChI=1S/C28H33N9O4/c1-28(2,29)26(38)30-23(19-40-17-20-9-5-3-6-10-20)25-33-32-24-16-35(13-14-36(24)25)27(39)41-18-21-15-37(34-31-21)22-11-7-4-8-12-22/h3-12,15,23H,13-14,16-19,29H2,1-2H3,(H,30,38)/t23-/m1/s1. The third-order valence-electron chi connectivity index (χ3n) is 6.54. The molecule has 0 radical (unpaired) electrons. The Morgan fingerprint density at radius 3 is 2.46 bits per heavy atom. The van der Waals surface area contributed by atoms with Crippen LogP contribution in [0.25, 0.3) is 5.69 Å². The Balaban J connectivity index is 1.21. The Labute approximate surface area is 237 Å². The minimum Gasteiger partial charge on any atom is -0.443 e. The number of para-hydroxylation sites is 1. The molecule has 0 saturated heterocycles. The van der Waals surface area contributed by atoms with Gasteiger partial charge in [0.2, 0.25) is 5.91 Å². The van der Waals surface area contributed by atoms with Crippen molar-refractivity contribution in [3.63, 3.8) is 0 Å². The van der Waals surface area contributed by atoms with Gasteiger partial charge in [-0.2, -0.15) is 0 Å². The predicted molar refractivity (Wildman–Crippen MR) is 147 cm³/mol. The summed E-state index contributed by atoms with van der Waals surface area (Å²) in [5.74, 6) is 0.775. The summed E-state index contributed by atoms with van der Waals surface area (Å²) < 4.78 is 15.0. The molecule has 5 rings (SSSR count). The van der Waals surface area contributed by atoms with E-state index in [2.05, 4.69) is 25.8 Å². The van der Waals surface area contributed by atoms with Crippen LogP contribution < -0.4 is 11.1 Å². The molecule has 4 aromatic rings. The Kier molecular flexibility index (Phi) is 8.36. The lowest BCUT2D eigenvalue weighted by Gasteiger charge is -2.29. The average molecular weight is 560 g/mol. The molecule has 41 heavy (non-hydrogen) atoms. The van der Waals surface area contributed by atoms with Crippen LogP contribution in [0.5, 0.6) is 0 Å². The Morgan fingerprint density at radius 2 is 1.73 bits per heavy atom. The number of benzene rings is 2. The lowest BCUT2D eigenvalue weighted by molar-refractivity contribution is -0.126. The summed E-state index contributed by atoms with van der Waals surface area (Å²) >= 11 is 0.